The smallest absolute Gasteiger partial charge is 0.0134 e. The van der Waals surface area contributed by atoms with Crippen molar-refractivity contribution >= 4 is 48.6 Å². The van der Waals surface area contributed by atoms with Gasteiger partial charge < -0.3 is 9.80 Å². The van der Waals surface area contributed by atoms with Crippen molar-refractivity contribution in [2.75, 3.05) is 4.90 Å². The monoisotopic (exact) mass is 749 g/mol. The molecule has 2 heterocycles. The molecule has 0 fully saturated rings. The van der Waals surface area contributed by atoms with E-state index in [1.807, 2.05) is 59.9 Å². The van der Waals surface area contributed by atoms with E-state index in [0.29, 0.717) is 0 Å². The number of hydrogen-bond donors (Lipinski definition) is 0. The first kappa shape index (κ1) is 33.6. The van der Waals surface area contributed by atoms with Crippen LogP contribution in [0.15, 0.2) is 188 Å². The number of nitrogens with zero attached hydrogens (tertiary/aromatic N) is 3. The van der Waals surface area contributed by atoms with Crippen LogP contribution in [0.5, 0.6) is 0 Å². The first-order valence-corrected chi connectivity index (χ1v) is 19.9. The molecule has 0 spiro atoms. The van der Waals surface area contributed by atoms with Gasteiger partial charge in [0.1, 0.15) is 0 Å². The van der Waals surface area contributed by atoms with E-state index in [0.717, 1.165) is 11.4 Å². The molecule has 7 rings (SSSR count). The van der Waals surface area contributed by atoms with Crippen LogP contribution in [0, 0.1) is 6.67 Å². The Morgan fingerprint density at radius 3 is 1.43 bits per heavy atom. The summed E-state index contributed by atoms with van der Waals surface area (Å²) in [5.74, 6) is 0. The van der Waals surface area contributed by atoms with Crippen LogP contribution in [0.2, 0.25) is 0 Å². The normalized spacial score (nSPS) is 12.6. The van der Waals surface area contributed by atoms with E-state index in [2.05, 4.69) is 150 Å². The Hall–Kier alpha value is -3.74. The van der Waals surface area contributed by atoms with Gasteiger partial charge in [0.05, 0.1) is 11.7 Å². The number of rotatable bonds is 7. The second-order valence-electron chi connectivity index (χ2n) is 9.97. The average Bonchev–Trinajstić information content (AvgIpc) is 3.62. The van der Waals surface area contributed by atoms with Gasteiger partial charge in [-0.3, -0.25) is 4.98 Å². The van der Waals surface area contributed by atoms with Crippen molar-refractivity contribution in [1.82, 2.24) is 9.88 Å². The van der Waals surface area contributed by atoms with Gasteiger partial charge in [-0.05, 0) is 53.7 Å². The van der Waals surface area contributed by atoms with Crippen molar-refractivity contribution in [3.8, 4) is 0 Å². The maximum absolute atomic E-state index is 4.81. The van der Waals surface area contributed by atoms with Gasteiger partial charge in [0.25, 0.3) is 0 Å². The summed E-state index contributed by atoms with van der Waals surface area (Å²) in [6, 6.07) is 58.9. The number of hydrogen-bond acceptors (Lipinski definition) is 3. The fourth-order valence-corrected chi connectivity index (χ4v) is 7.34. The zero-order valence-electron chi connectivity index (χ0n) is 24.8. The van der Waals surface area contributed by atoms with Crippen LogP contribution in [0.1, 0.15) is 17.3 Å². The number of para-hydroxylation sites is 1. The first-order chi connectivity index (χ1) is 22.8. The summed E-state index contributed by atoms with van der Waals surface area (Å²) >= 11 is -0.106. The molecule has 0 bridgehead atoms. The molecule has 6 aromatic rings. The zero-order chi connectivity index (χ0) is 31.8. The van der Waals surface area contributed by atoms with Crippen molar-refractivity contribution in [3.63, 3.8) is 0 Å². The first-order valence-electron chi connectivity index (χ1n) is 14.6. The Balaban J connectivity index is 0.000000171. The van der Waals surface area contributed by atoms with Crippen LogP contribution in [0.4, 0.5) is 5.69 Å². The molecular formula is C39H32Cl2N3PPd. The second kappa shape index (κ2) is 18.4. The van der Waals surface area contributed by atoms with Gasteiger partial charge in [-0.15, -0.1) is 0 Å². The molecule has 0 saturated carbocycles. The average molecular weight is 751 g/mol. The molecule has 1 aliphatic heterocycles. The number of anilines is 1. The molecule has 1 unspecified atom stereocenters. The SMILES string of the molecule is [C]1N(c2ccccc2)C=CN1C(c1ccccc1)c1ccccn1.[Cl][Pd][Cl].c1ccc(P(c2ccccc2)c2ccccc2)cc1. The molecule has 7 heteroatoms. The largest absolute Gasteiger partial charge is 0.0622 e. The predicted octanol–water partition coefficient (Wildman–Crippen LogP) is 9.28. The molecule has 0 saturated heterocycles. The molecule has 1 aliphatic rings. The molecule has 1 atom stereocenters. The fraction of sp³-hybridized carbons (Fsp3) is 0.0256. The van der Waals surface area contributed by atoms with Crippen LogP contribution in [0.3, 0.4) is 0 Å². The predicted molar refractivity (Wildman–Crippen MR) is 193 cm³/mol. The zero-order valence-corrected chi connectivity index (χ0v) is 28.8. The van der Waals surface area contributed by atoms with Crippen molar-refractivity contribution < 1.29 is 15.9 Å². The summed E-state index contributed by atoms with van der Waals surface area (Å²) in [6.07, 6.45) is 5.90. The molecule has 46 heavy (non-hydrogen) atoms. The van der Waals surface area contributed by atoms with Crippen molar-refractivity contribution in [2.45, 2.75) is 6.04 Å². The summed E-state index contributed by atoms with van der Waals surface area (Å²) in [5.41, 5.74) is 3.27. The Morgan fingerprint density at radius 1 is 0.543 bits per heavy atom. The Kier molecular flexibility index (Phi) is 13.5. The van der Waals surface area contributed by atoms with Gasteiger partial charge in [0.15, 0.2) is 0 Å². The minimum absolute atomic E-state index is 0.00244. The summed E-state index contributed by atoms with van der Waals surface area (Å²) in [4.78, 5) is 8.64. The maximum atomic E-state index is 4.81. The van der Waals surface area contributed by atoms with Gasteiger partial charge in [-0.1, -0.05) is 146 Å². The molecule has 0 amide bonds. The van der Waals surface area contributed by atoms with Gasteiger partial charge in [-0.2, -0.15) is 0 Å². The van der Waals surface area contributed by atoms with E-state index in [9.17, 15) is 0 Å². The summed E-state index contributed by atoms with van der Waals surface area (Å²) in [5, 5.41) is 4.19. The summed E-state index contributed by atoms with van der Waals surface area (Å²) in [6.45, 7) is 3.42. The summed E-state index contributed by atoms with van der Waals surface area (Å²) < 4.78 is 0. The van der Waals surface area contributed by atoms with Gasteiger partial charge in [-0.25, -0.2) is 0 Å². The minimum Gasteiger partial charge on any atom is -0.0622 e. The molecular weight excluding hydrogens is 719 g/mol. The molecule has 1 aromatic heterocycles. The molecule has 2 radical (unpaired) electrons. The Labute approximate surface area is 290 Å². The Morgan fingerprint density at radius 2 is 0.978 bits per heavy atom. The van der Waals surface area contributed by atoms with Crippen LogP contribution in [0.25, 0.3) is 0 Å². The van der Waals surface area contributed by atoms with Crippen LogP contribution in [-0.4, -0.2) is 9.88 Å². The number of pyridine rings is 1. The van der Waals surface area contributed by atoms with Crippen molar-refractivity contribution in [3.05, 3.63) is 206 Å². The van der Waals surface area contributed by atoms with Crippen molar-refractivity contribution in [1.29, 1.82) is 0 Å². The van der Waals surface area contributed by atoms with Gasteiger partial charge in [0, 0.05) is 24.3 Å². The minimum atomic E-state index is -0.446. The quantitative estimate of drug-likeness (QED) is 0.120. The van der Waals surface area contributed by atoms with E-state index in [1.54, 1.807) is 0 Å². The Bertz CT molecular complexity index is 1580. The maximum Gasteiger partial charge on any atom is -0.0134 e. The third kappa shape index (κ3) is 9.40. The second-order valence-corrected chi connectivity index (χ2v) is 14.5. The molecule has 232 valence electrons. The topological polar surface area (TPSA) is 19.4 Å². The number of halogens is 2. The molecule has 5 aromatic carbocycles. The van der Waals surface area contributed by atoms with E-state index in [4.69, 9.17) is 19.1 Å². The van der Waals surface area contributed by atoms with E-state index < -0.39 is 7.92 Å². The number of benzene rings is 5. The van der Waals surface area contributed by atoms with Gasteiger partial charge in [0.2, 0.25) is 6.67 Å². The van der Waals surface area contributed by atoms with E-state index >= 15 is 0 Å². The van der Waals surface area contributed by atoms with E-state index in [1.165, 1.54) is 21.5 Å². The standard InChI is InChI=1S/C21H17N3.C18H15P.2ClH.Pd/c1-3-9-18(10-4-1)21(20-13-7-8-14-22-20)24-16-15-23(17-24)19-11-5-2-6-12-19;1-4-10-16(11-5-1)19(17-12-6-2-7-13-17)18-14-8-3-9-15-18;;;/h1-16,21H;1-15H;2*1H;/q;;;;+2/p-2. The van der Waals surface area contributed by atoms with Gasteiger partial charge >= 0.3 is 35.0 Å². The third-order valence-electron chi connectivity index (χ3n) is 7.04. The van der Waals surface area contributed by atoms with E-state index in [-0.39, 0.29) is 22.0 Å². The van der Waals surface area contributed by atoms with Crippen LogP contribution in [-0.2, 0) is 15.9 Å². The van der Waals surface area contributed by atoms with Crippen molar-refractivity contribution in [2.24, 2.45) is 0 Å². The summed E-state index contributed by atoms with van der Waals surface area (Å²) in [7, 11) is 9.18. The van der Waals surface area contributed by atoms with Crippen LogP contribution < -0.4 is 20.8 Å². The fourth-order valence-electron chi connectivity index (χ4n) is 5.03. The molecule has 0 N–H and O–H groups in total. The molecule has 3 nitrogen and oxygen atoms in total. The third-order valence-corrected chi connectivity index (χ3v) is 9.48. The van der Waals surface area contributed by atoms with Crippen LogP contribution >= 0.6 is 27.0 Å². The number of aromatic nitrogens is 1. The molecule has 0 aliphatic carbocycles.